The van der Waals surface area contributed by atoms with Crippen LogP contribution in [-0.4, -0.2) is 23.0 Å². The molecule has 0 spiro atoms. The molecule has 0 radical (unpaired) electrons. The van der Waals surface area contributed by atoms with Crippen molar-refractivity contribution in [3.63, 3.8) is 0 Å². The minimum atomic E-state index is -3.80. The van der Waals surface area contributed by atoms with Gasteiger partial charge < -0.3 is 4.74 Å². The Hall–Kier alpha value is -0.380. The number of ether oxygens (including phenoxy) is 1. The zero-order valence-electron chi connectivity index (χ0n) is 10.6. The van der Waals surface area contributed by atoms with E-state index >= 15 is 0 Å². The molecule has 0 amide bonds. The van der Waals surface area contributed by atoms with Crippen LogP contribution in [0.3, 0.4) is 0 Å². The zero-order chi connectivity index (χ0) is 12.8. The van der Waals surface area contributed by atoms with Gasteiger partial charge in [0.1, 0.15) is 5.60 Å². The van der Waals surface area contributed by atoms with Crippen LogP contribution in [-0.2, 0) is 18.3 Å². The van der Waals surface area contributed by atoms with Crippen LogP contribution < -0.4 is 0 Å². The molecule has 1 aliphatic rings. The summed E-state index contributed by atoms with van der Waals surface area (Å²) in [4.78, 5) is 11.7. The van der Waals surface area contributed by atoms with Crippen molar-refractivity contribution >= 4 is 13.3 Å². The summed E-state index contributed by atoms with van der Waals surface area (Å²) in [5.74, 6) is 0. The van der Waals surface area contributed by atoms with Gasteiger partial charge in [0.2, 0.25) is 0 Å². The topological polar surface area (TPSA) is 61.8 Å². The fraction of sp³-hybridized carbons (Fsp3) is 0.900. The third-order valence-electron chi connectivity index (χ3n) is 2.25. The molecule has 1 aliphatic heterocycles. The first kappa shape index (κ1) is 13.7. The Morgan fingerprint density at radius 3 is 2.19 bits per heavy atom. The molecule has 0 aromatic carbocycles. The minimum Gasteiger partial charge on any atom is -0.451 e. The number of hydrogen-bond donors (Lipinski definition) is 0. The van der Waals surface area contributed by atoms with E-state index in [-0.39, 0.29) is 0 Å². The maximum atomic E-state index is 12.1. The van der Waals surface area contributed by atoms with Gasteiger partial charge in [-0.25, -0.2) is 9.36 Å². The number of carbonyl (C=O) groups excluding carboxylic acids is 1. The Balaban J connectivity index is 2.83. The highest BCUT2D eigenvalue weighted by Gasteiger charge is 2.54. The van der Waals surface area contributed by atoms with Crippen molar-refractivity contribution in [2.45, 2.75) is 58.8 Å². The van der Waals surface area contributed by atoms with Crippen LogP contribution in [0.2, 0.25) is 0 Å². The predicted octanol–water partition coefficient (Wildman–Crippen LogP) is 3.33. The first-order valence-corrected chi connectivity index (χ1v) is 6.73. The van der Waals surface area contributed by atoms with E-state index in [9.17, 15) is 9.36 Å². The Labute approximate surface area is 96.0 Å². The maximum Gasteiger partial charge on any atom is 0.439 e. The van der Waals surface area contributed by atoms with Gasteiger partial charge in [-0.1, -0.05) is 0 Å². The van der Waals surface area contributed by atoms with Gasteiger partial charge in [0, 0.05) is 0 Å². The van der Waals surface area contributed by atoms with Crippen molar-refractivity contribution in [3.05, 3.63) is 0 Å². The third kappa shape index (κ3) is 2.84. The average molecular weight is 250 g/mol. The summed E-state index contributed by atoms with van der Waals surface area (Å²) in [5, 5.41) is 0. The molecule has 1 rings (SSSR count). The van der Waals surface area contributed by atoms with E-state index in [1.54, 1.807) is 41.5 Å². The Morgan fingerprint density at radius 1 is 1.38 bits per heavy atom. The highest BCUT2D eigenvalue weighted by Crippen LogP contribution is 2.61. The monoisotopic (exact) mass is 250 g/mol. The van der Waals surface area contributed by atoms with Gasteiger partial charge in [-0.2, -0.15) is 0 Å². The fourth-order valence-electron chi connectivity index (χ4n) is 1.14. The second-order valence-electron chi connectivity index (χ2n) is 5.42. The smallest absolute Gasteiger partial charge is 0.439 e. The van der Waals surface area contributed by atoms with Gasteiger partial charge in [0.05, 0.1) is 11.7 Å². The summed E-state index contributed by atoms with van der Waals surface area (Å²) in [6.45, 7) is 10.2. The van der Waals surface area contributed by atoms with Gasteiger partial charge in [-0.05, 0) is 41.5 Å². The van der Waals surface area contributed by atoms with Crippen LogP contribution in [0.4, 0.5) is 4.79 Å². The molecule has 0 bridgehead atoms. The zero-order valence-corrected chi connectivity index (χ0v) is 11.5. The quantitative estimate of drug-likeness (QED) is 0.668. The second kappa shape index (κ2) is 3.83. The molecule has 1 heterocycles. The first-order chi connectivity index (χ1) is 6.96. The van der Waals surface area contributed by atoms with E-state index in [0.29, 0.717) is 0 Å². The standard InChI is InChI=1S/C10H19O5P/c1-7-10(5,6)15-16(12,14-7)8(11)13-9(2,3)4/h7H,1-6H3. The summed E-state index contributed by atoms with van der Waals surface area (Å²) in [6.07, 6.45) is -0.411. The lowest BCUT2D eigenvalue weighted by molar-refractivity contribution is 0.0640. The summed E-state index contributed by atoms with van der Waals surface area (Å²) in [6, 6.07) is 0. The number of rotatable bonds is 1. The van der Waals surface area contributed by atoms with Crippen LogP contribution in [0, 0.1) is 0 Å². The van der Waals surface area contributed by atoms with E-state index in [0.717, 1.165) is 0 Å². The minimum absolute atomic E-state index is 0.411. The van der Waals surface area contributed by atoms with Gasteiger partial charge in [-0.15, -0.1) is 0 Å². The van der Waals surface area contributed by atoms with E-state index in [1.807, 2.05) is 0 Å². The molecule has 0 aliphatic carbocycles. The maximum absolute atomic E-state index is 12.1. The van der Waals surface area contributed by atoms with Gasteiger partial charge in [0.15, 0.2) is 0 Å². The lowest BCUT2D eigenvalue weighted by atomic mass is 10.0. The molecule has 94 valence electrons. The largest absolute Gasteiger partial charge is 0.451 e. The van der Waals surface area contributed by atoms with Gasteiger partial charge >= 0.3 is 13.3 Å². The fourth-order valence-corrected chi connectivity index (χ4v) is 3.17. The normalized spacial score (nSPS) is 33.8. The van der Waals surface area contributed by atoms with Crippen molar-refractivity contribution in [2.75, 3.05) is 0 Å². The highest BCUT2D eigenvalue weighted by atomic mass is 31.2. The summed E-state index contributed by atoms with van der Waals surface area (Å²) in [7, 11) is -3.80. The number of hydrogen-bond acceptors (Lipinski definition) is 5. The Kier molecular flexibility index (Phi) is 3.27. The molecule has 5 nitrogen and oxygen atoms in total. The molecular formula is C10H19O5P. The van der Waals surface area contributed by atoms with Gasteiger partial charge in [0.25, 0.3) is 0 Å². The molecule has 0 N–H and O–H groups in total. The molecule has 1 saturated heterocycles. The second-order valence-corrected chi connectivity index (χ2v) is 7.17. The van der Waals surface area contributed by atoms with E-state index in [4.69, 9.17) is 13.8 Å². The molecular weight excluding hydrogens is 231 g/mol. The Morgan fingerprint density at radius 2 is 1.88 bits per heavy atom. The van der Waals surface area contributed by atoms with Crippen molar-refractivity contribution < 1.29 is 23.1 Å². The summed E-state index contributed by atoms with van der Waals surface area (Å²) in [5.41, 5.74) is -2.37. The van der Waals surface area contributed by atoms with Crippen LogP contribution in [0.1, 0.15) is 41.5 Å². The molecule has 16 heavy (non-hydrogen) atoms. The van der Waals surface area contributed by atoms with E-state index < -0.39 is 30.6 Å². The van der Waals surface area contributed by atoms with E-state index in [2.05, 4.69) is 0 Å². The first-order valence-electron chi connectivity index (χ1n) is 5.19. The van der Waals surface area contributed by atoms with E-state index in [1.165, 1.54) is 0 Å². The van der Waals surface area contributed by atoms with Crippen molar-refractivity contribution in [1.82, 2.24) is 0 Å². The Bertz CT molecular complexity index is 342. The molecule has 2 unspecified atom stereocenters. The number of carbonyl (C=O) groups is 1. The average Bonchev–Trinajstić information content (AvgIpc) is 2.18. The van der Waals surface area contributed by atoms with Crippen LogP contribution >= 0.6 is 7.60 Å². The van der Waals surface area contributed by atoms with Crippen molar-refractivity contribution in [2.24, 2.45) is 0 Å². The molecule has 1 fully saturated rings. The van der Waals surface area contributed by atoms with Gasteiger partial charge in [-0.3, -0.25) is 9.05 Å². The SMILES string of the molecule is CC1OP(=O)(C(=O)OC(C)(C)C)OC1(C)C. The summed E-state index contributed by atoms with van der Waals surface area (Å²) < 4.78 is 27.5. The molecule has 6 heteroatoms. The molecule has 0 saturated carbocycles. The molecule has 2 atom stereocenters. The third-order valence-corrected chi connectivity index (χ3v) is 4.09. The predicted molar refractivity (Wildman–Crippen MR) is 59.6 cm³/mol. The lowest BCUT2D eigenvalue weighted by Crippen LogP contribution is -2.29. The van der Waals surface area contributed by atoms with Crippen molar-refractivity contribution in [1.29, 1.82) is 0 Å². The molecule has 0 aromatic rings. The molecule has 0 aromatic heterocycles. The van der Waals surface area contributed by atoms with Crippen LogP contribution in [0.25, 0.3) is 0 Å². The summed E-state index contributed by atoms with van der Waals surface area (Å²) >= 11 is 0. The highest BCUT2D eigenvalue weighted by molar-refractivity contribution is 7.71. The van der Waals surface area contributed by atoms with Crippen LogP contribution in [0.5, 0.6) is 0 Å². The van der Waals surface area contributed by atoms with Crippen LogP contribution in [0.15, 0.2) is 0 Å². The lowest BCUT2D eigenvalue weighted by Gasteiger charge is -2.21. The van der Waals surface area contributed by atoms with Crippen molar-refractivity contribution in [3.8, 4) is 0 Å².